The number of morpholine rings is 1. The van der Waals surface area contributed by atoms with E-state index in [1.807, 2.05) is 12.1 Å². The molecule has 1 fully saturated rings. The van der Waals surface area contributed by atoms with Crippen molar-refractivity contribution < 1.29 is 4.74 Å². The zero-order valence-corrected chi connectivity index (χ0v) is 9.72. The van der Waals surface area contributed by atoms with Crippen molar-refractivity contribution in [1.29, 1.82) is 0 Å². The van der Waals surface area contributed by atoms with Gasteiger partial charge in [-0.05, 0) is 17.7 Å². The van der Waals surface area contributed by atoms with Crippen molar-refractivity contribution in [2.45, 2.75) is 6.54 Å². The highest BCUT2D eigenvalue weighted by Gasteiger charge is 2.14. The van der Waals surface area contributed by atoms with Gasteiger partial charge in [0.2, 0.25) is 0 Å². The Hall–Kier alpha value is -1.10. The first-order chi connectivity index (χ1) is 7.75. The number of hydrogen-bond donors (Lipinski definition) is 1. The van der Waals surface area contributed by atoms with Gasteiger partial charge in [0.1, 0.15) is 0 Å². The second-order valence-corrected chi connectivity index (χ2v) is 4.12. The number of hydrazine groups is 1. The predicted octanol–water partition coefficient (Wildman–Crippen LogP) is 0.948. The quantitative estimate of drug-likeness (QED) is 0.772. The summed E-state index contributed by atoms with van der Waals surface area (Å²) < 4.78 is 5.33. The van der Waals surface area contributed by atoms with Gasteiger partial charge in [0.05, 0.1) is 13.2 Å². The van der Waals surface area contributed by atoms with Crippen LogP contribution in [0.5, 0.6) is 0 Å². The maximum Gasteiger partial charge on any atom is 0.0608 e. The molecule has 4 heteroatoms. The number of anilines is 1. The largest absolute Gasteiger partial charge is 0.399 e. The molecule has 0 aliphatic carbocycles. The van der Waals surface area contributed by atoms with E-state index in [0.717, 1.165) is 38.5 Å². The van der Waals surface area contributed by atoms with Crippen molar-refractivity contribution in [3.05, 3.63) is 29.8 Å². The summed E-state index contributed by atoms with van der Waals surface area (Å²) in [6.07, 6.45) is 0. The van der Waals surface area contributed by atoms with Crippen molar-refractivity contribution in [3.8, 4) is 0 Å². The number of nitrogens with zero attached hydrogens (tertiary/aromatic N) is 2. The molecule has 0 spiro atoms. The van der Waals surface area contributed by atoms with Gasteiger partial charge >= 0.3 is 0 Å². The highest BCUT2D eigenvalue weighted by Crippen LogP contribution is 2.10. The van der Waals surface area contributed by atoms with E-state index in [0.29, 0.717) is 0 Å². The normalized spacial score (nSPS) is 17.9. The SMILES string of the molecule is CN(Cc1ccc(N)cc1)N1CCOCC1. The Morgan fingerprint density at radius 2 is 1.88 bits per heavy atom. The first-order valence-electron chi connectivity index (χ1n) is 5.64. The fourth-order valence-electron chi connectivity index (χ4n) is 1.88. The van der Waals surface area contributed by atoms with Crippen LogP contribution in [-0.4, -0.2) is 43.4 Å². The van der Waals surface area contributed by atoms with Gasteiger partial charge in [-0.15, -0.1) is 0 Å². The smallest absolute Gasteiger partial charge is 0.0608 e. The summed E-state index contributed by atoms with van der Waals surface area (Å²) in [7, 11) is 2.11. The molecule has 0 saturated carbocycles. The molecule has 0 amide bonds. The Labute approximate surface area is 96.6 Å². The molecule has 1 aromatic rings. The molecule has 0 bridgehead atoms. The molecule has 0 unspecified atom stereocenters. The lowest BCUT2D eigenvalue weighted by atomic mass is 10.2. The third kappa shape index (κ3) is 2.95. The van der Waals surface area contributed by atoms with Crippen molar-refractivity contribution in [2.75, 3.05) is 39.1 Å². The summed E-state index contributed by atoms with van der Waals surface area (Å²) in [4.78, 5) is 0. The van der Waals surface area contributed by atoms with Crippen molar-refractivity contribution in [2.24, 2.45) is 0 Å². The van der Waals surface area contributed by atoms with Crippen LogP contribution in [0.4, 0.5) is 5.69 Å². The third-order valence-corrected chi connectivity index (χ3v) is 2.86. The summed E-state index contributed by atoms with van der Waals surface area (Å²) in [5, 5.41) is 4.56. The maximum absolute atomic E-state index is 5.66. The first kappa shape index (κ1) is 11.4. The van der Waals surface area contributed by atoms with Gasteiger partial charge in [0.15, 0.2) is 0 Å². The molecule has 0 aromatic heterocycles. The first-order valence-corrected chi connectivity index (χ1v) is 5.64. The molecule has 2 rings (SSSR count). The minimum absolute atomic E-state index is 0.817. The molecular formula is C12H19N3O. The molecular weight excluding hydrogens is 202 g/mol. The molecule has 1 aliphatic rings. The van der Waals surface area contributed by atoms with E-state index in [2.05, 4.69) is 29.2 Å². The van der Waals surface area contributed by atoms with Crippen LogP contribution in [0.1, 0.15) is 5.56 Å². The topological polar surface area (TPSA) is 41.7 Å². The van der Waals surface area contributed by atoms with Crippen molar-refractivity contribution in [3.63, 3.8) is 0 Å². The molecule has 4 nitrogen and oxygen atoms in total. The Bertz CT molecular complexity index is 320. The number of rotatable bonds is 3. The lowest BCUT2D eigenvalue weighted by molar-refractivity contribution is -0.0802. The molecule has 2 N–H and O–H groups in total. The molecule has 1 saturated heterocycles. The average molecular weight is 221 g/mol. The molecule has 0 radical (unpaired) electrons. The summed E-state index contributed by atoms with van der Waals surface area (Å²) in [6, 6.07) is 8.05. The Morgan fingerprint density at radius 1 is 1.25 bits per heavy atom. The number of nitrogen functional groups attached to an aromatic ring is 1. The van der Waals surface area contributed by atoms with Gasteiger partial charge < -0.3 is 10.5 Å². The summed E-state index contributed by atoms with van der Waals surface area (Å²) in [5.41, 5.74) is 7.76. The highest BCUT2D eigenvalue weighted by molar-refractivity contribution is 5.39. The van der Waals surface area contributed by atoms with Gasteiger partial charge in [0, 0.05) is 32.4 Å². The monoisotopic (exact) mass is 221 g/mol. The molecule has 88 valence electrons. The summed E-state index contributed by atoms with van der Waals surface area (Å²) >= 11 is 0. The number of nitrogens with two attached hydrogens (primary N) is 1. The lowest BCUT2D eigenvalue weighted by Crippen LogP contribution is -2.46. The van der Waals surface area contributed by atoms with Gasteiger partial charge in [-0.1, -0.05) is 12.1 Å². The Morgan fingerprint density at radius 3 is 2.50 bits per heavy atom. The standard InChI is InChI=1S/C12H19N3O/c1-14(15-6-8-16-9-7-15)10-11-2-4-12(13)5-3-11/h2-5H,6-10,13H2,1H3. The van der Waals surface area contributed by atoms with Crippen LogP contribution >= 0.6 is 0 Å². The maximum atomic E-state index is 5.66. The van der Waals surface area contributed by atoms with Crippen LogP contribution in [0, 0.1) is 0 Å². The fourth-order valence-corrected chi connectivity index (χ4v) is 1.88. The van der Waals surface area contributed by atoms with E-state index in [9.17, 15) is 0 Å². The Balaban J connectivity index is 1.90. The van der Waals surface area contributed by atoms with Crippen LogP contribution in [0.3, 0.4) is 0 Å². The van der Waals surface area contributed by atoms with Crippen molar-refractivity contribution in [1.82, 2.24) is 10.0 Å². The van der Waals surface area contributed by atoms with Crippen molar-refractivity contribution >= 4 is 5.69 Å². The van der Waals surface area contributed by atoms with E-state index in [-0.39, 0.29) is 0 Å². The van der Waals surface area contributed by atoms with Crippen LogP contribution < -0.4 is 5.73 Å². The zero-order chi connectivity index (χ0) is 11.4. The molecule has 1 aliphatic heterocycles. The van der Waals surface area contributed by atoms with Gasteiger partial charge in [0.25, 0.3) is 0 Å². The second-order valence-electron chi connectivity index (χ2n) is 4.12. The minimum atomic E-state index is 0.817. The number of benzene rings is 1. The molecule has 1 heterocycles. The van der Waals surface area contributed by atoms with Gasteiger partial charge in [-0.3, -0.25) is 0 Å². The predicted molar refractivity (Wildman–Crippen MR) is 64.7 cm³/mol. The van der Waals surface area contributed by atoms with Gasteiger partial charge in [-0.2, -0.15) is 0 Å². The average Bonchev–Trinajstić information content (AvgIpc) is 2.33. The number of ether oxygens (including phenoxy) is 1. The lowest BCUT2D eigenvalue weighted by Gasteiger charge is -2.34. The summed E-state index contributed by atoms with van der Waals surface area (Å²) in [5.74, 6) is 0. The minimum Gasteiger partial charge on any atom is -0.399 e. The number of hydrogen-bond acceptors (Lipinski definition) is 4. The van der Waals surface area contributed by atoms with E-state index >= 15 is 0 Å². The van der Waals surface area contributed by atoms with Crippen LogP contribution in [0.25, 0.3) is 0 Å². The van der Waals surface area contributed by atoms with E-state index in [4.69, 9.17) is 10.5 Å². The van der Waals surface area contributed by atoms with E-state index in [1.54, 1.807) is 0 Å². The van der Waals surface area contributed by atoms with Crippen LogP contribution in [0.2, 0.25) is 0 Å². The zero-order valence-electron chi connectivity index (χ0n) is 9.72. The fraction of sp³-hybridized carbons (Fsp3) is 0.500. The molecule has 16 heavy (non-hydrogen) atoms. The Kier molecular flexibility index (Phi) is 3.77. The second kappa shape index (κ2) is 5.30. The molecule has 1 aromatic carbocycles. The van der Waals surface area contributed by atoms with Crippen LogP contribution in [0.15, 0.2) is 24.3 Å². The highest BCUT2D eigenvalue weighted by atomic mass is 16.5. The van der Waals surface area contributed by atoms with Gasteiger partial charge in [-0.25, -0.2) is 10.0 Å². The summed E-state index contributed by atoms with van der Waals surface area (Å²) in [6.45, 7) is 4.52. The molecule has 0 atom stereocenters. The van der Waals surface area contributed by atoms with Crippen LogP contribution in [-0.2, 0) is 11.3 Å². The van der Waals surface area contributed by atoms with E-state index < -0.39 is 0 Å². The van der Waals surface area contributed by atoms with E-state index in [1.165, 1.54) is 5.56 Å². The third-order valence-electron chi connectivity index (χ3n) is 2.86.